The third kappa shape index (κ3) is 3.90. The molecule has 0 spiro atoms. The summed E-state index contributed by atoms with van der Waals surface area (Å²) in [5, 5.41) is 5.64. The quantitative estimate of drug-likeness (QED) is 0.463. The summed E-state index contributed by atoms with van der Waals surface area (Å²) < 4.78 is 16.3. The van der Waals surface area contributed by atoms with Crippen molar-refractivity contribution in [2.24, 2.45) is 0 Å². The van der Waals surface area contributed by atoms with E-state index >= 15 is 0 Å². The Kier molecular flexibility index (Phi) is 5.50. The lowest BCUT2D eigenvalue weighted by Gasteiger charge is -2.13. The van der Waals surface area contributed by atoms with E-state index in [1.54, 1.807) is 6.07 Å². The summed E-state index contributed by atoms with van der Waals surface area (Å²) in [7, 11) is 1.54. The minimum Gasteiger partial charge on any atom is -0.449 e. The van der Waals surface area contributed by atoms with Gasteiger partial charge in [-0.15, -0.1) is 0 Å². The minimum atomic E-state index is -1.01. The summed E-state index contributed by atoms with van der Waals surface area (Å²) in [5.74, 6) is -1.09. The number of amides is 1. The number of methoxy groups -OCH3 is 1. The molecule has 1 heterocycles. The second kappa shape index (κ2) is 8.39. The normalized spacial score (nSPS) is 12.1. The van der Waals surface area contributed by atoms with Crippen molar-refractivity contribution in [3.8, 4) is 0 Å². The van der Waals surface area contributed by atoms with Gasteiger partial charge in [-0.1, -0.05) is 48.5 Å². The van der Waals surface area contributed by atoms with Gasteiger partial charge in [0.05, 0.1) is 6.61 Å². The smallest absolute Gasteiger partial charge is 0.375 e. The molecule has 6 heteroatoms. The number of para-hydroxylation sites is 1. The number of rotatable bonds is 6. The Hall–Kier alpha value is -3.64. The SMILES string of the molecule is COCc1c(C(=O)O[C@@H](C)C(=O)Nc2ccc3ccccc3c2)oc2ccccc12. The lowest BCUT2D eigenvalue weighted by Crippen LogP contribution is -2.30. The molecule has 4 aromatic rings. The molecule has 1 amide bonds. The second-order valence-electron chi connectivity index (χ2n) is 6.94. The average molecular weight is 403 g/mol. The first-order valence-electron chi connectivity index (χ1n) is 9.57. The molecule has 0 aliphatic heterocycles. The number of hydrogen-bond donors (Lipinski definition) is 1. The monoisotopic (exact) mass is 403 g/mol. The summed E-state index contributed by atoms with van der Waals surface area (Å²) in [6, 6.07) is 20.7. The third-order valence-electron chi connectivity index (χ3n) is 4.84. The fraction of sp³-hybridized carbons (Fsp3) is 0.167. The van der Waals surface area contributed by atoms with Gasteiger partial charge in [0.2, 0.25) is 5.76 Å². The molecular formula is C24H21NO5. The minimum absolute atomic E-state index is 0.0448. The van der Waals surface area contributed by atoms with Crippen molar-refractivity contribution in [3.63, 3.8) is 0 Å². The van der Waals surface area contributed by atoms with Crippen LogP contribution < -0.4 is 5.32 Å². The fourth-order valence-electron chi connectivity index (χ4n) is 3.33. The van der Waals surface area contributed by atoms with Crippen LogP contribution in [0.3, 0.4) is 0 Å². The van der Waals surface area contributed by atoms with E-state index in [-0.39, 0.29) is 12.4 Å². The van der Waals surface area contributed by atoms with E-state index in [0.717, 1.165) is 16.2 Å². The van der Waals surface area contributed by atoms with Crippen LogP contribution in [0.15, 0.2) is 71.1 Å². The van der Waals surface area contributed by atoms with Gasteiger partial charge in [-0.25, -0.2) is 4.79 Å². The van der Waals surface area contributed by atoms with Crippen molar-refractivity contribution >= 4 is 39.3 Å². The Bertz CT molecular complexity index is 1230. The number of carbonyl (C=O) groups is 2. The van der Waals surface area contributed by atoms with Gasteiger partial charge in [-0.3, -0.25) is 4.79 Å². The summed E-state index contributed by atoms with van der Waals surface area (Å²) in [6.45, 7) is 1.71. The van der Waals surface area contributed by atoms with Gasteiger partial charge in [-0.05, 0) is 35.9 Å². The van der Waals surface area contributed by atoms with Crippen LogP contribution in [-0.4, -0.2) is 25.1 Å². The summed E-state index contributed by atoms with van der Waals surface area (Å²) in [5.41, 5.74) is 1.79. The van der Waals surface area contributed by atoms with Crippen LogP contribution in [0.25, 0.3) is 21.7 Å². The van der Waals surface area contributed by atoms with E-state index in [0.29, 0.717) is 16.8 Å². The molecule has 4 rings (SSSR count). The maximum absolute atomic E-state index is 12.7. The Morgan fingerprint density at radius 3 is 2.53 bits per heavy atom. The predicted molar refractivity (Wildman–Crippen MR) is 114 cm³/mol. The van der Waals surface area contributed by atoms with E-state index < -0.39 is 18.0 Å². The van der Waals surface area contributed by atoms with Crippen molar-refractivity contribution in [2.45, 2.75) is 19.6 Å². The highest BCUT2D eigenvalue weighted by Gasteiger charge is 2.25. The van der Waals surface area contributed by atoms with Gasteiger partial charge in [0.15, 0.2) is 6.10 Å². The third-order valence-corrected chi connectivity index (χ3v) is 4.84. The Morgan fingerprint density at radius 2 is 1.73 bits per heavy atom. The molecule has 0 aliphatic rings. The van der Waals surface area contributed by atoms with Crippen LogP contribution >= 0.6 is 0 Å². The molecule has 0 aliphatic carbocycles. The number of furan rings is 1. The first-order chi connectivity index (χ1) is 14.6. The van der Waals surface area contributed by atoms with Gasteiger partial charge in [0, 0.05) is 23.7 Å². The first kappa shape index (κ1) is 19.7. The molecule has 1 aromatic heterocycles. The molecule has 0 radical (unpaired) electrons. The van der Waals surface area contributed by atoms with E-state index in [4.69, 9.17) is 13.9 Å². The summed E-state index contributed by atoms with van der Waals surface area (Å²) in [6.07, 6.45) is -1.01. The molecule has 0 fully saturated rings. The molecular weight excluding hydrogens is 382 g/mol. The van der Waals surface area contributed by atoms with Crippen LogP contribution in [0.4, 0.5) is 5.69 Å². The molecule has 0 saturated carbocycles. The van der Waals surface area contributed by atoms with Gasteiger partial charge >= 0.3 is 5.97 Å². The number of benzene rings is 3. The lowest BCUT2D eigenvalue weighted by molar-refractivity contribution is -0.123. The van der Waals surface area contributed by atoms with E-state index in [9.17, 15) is 9.59 Å². The van der Waals surface area contributed by atoms with E-state index in [1.165, 1.54) is 14.0 Å². The first-order valence-corrected chi connectivity index (χ1v) is 9.57. The summed E-state index contributed by atoms with van der Waals surface area (Å²) >= 11 is 0. The second-order valence-corrected chi connectivity index (χ2v) is 6.94. The fourth-order valence-corrected chi connectivity index (χ4v) is 3.33. The largest absolute Gasteiger partial charge is 0.449 e. The molecule has 152 valence electrons. The highest BCUT2D eigenvalue weighted by atomic mass is 16.6. The Morgan fingerprint density at radius 1 is 1.00 bits per heavy atom. The van der Waals surface area contributed by atoms with Gasteiger partial charge < -0.3 is 19.2 Å². The number of nitrogens with one attached hydrogen (secondary N) is 1. The molecule has 1 N–H and O–H groups in total. The predicted octanol–water partition coefficient (Wildman–Crippen LogP) is 4.92. The number of carbonyl (C=O) groups excluding carboxylic acids is 2. The molecule has 1 atom stereocenters. The van der Waals surface area contributed by atoms with Crippen LogP contribution in [0.1, 0.15) is 23.0 Å². The van der Waals surface area contributed by atoms with Gasteiger partial charge in [-0.2, -0.15) is 0 Å². The zero-order chi connectivity index (χ0) is 21.1. The molecule has 3 aromatic carbocycles. The van der Waals surface area contributed by atoms with Gasteiger partial charge in [0.1, 0.15) is 5.58 Å². The number of anilines is 1. The topological polar surface area (TPSA) is 77.8 Å². The highest BCUT2D eigenvalue weighted by Crippen LogP contribution is 2.27. The number of ether oxygens (including phenoxy) is 2. The highest BCUT2D eigenvalue weighted by molar-refractivity contribution is 6.00. The maximum Gasteiger partial charge on any atom is 0.375 e. The summed E-state index contributed by atoms with van der Waals surface area (Å²) in [4.78, 5) is 25.3. The van der Waals surface area contributed by atoms with Gasteiger partial charge in [0.25, 0.3) is 5.91 Å². The van der Waals surface area contributed by atoms with Crippen LogP contribution in [-0.2, 0) is 20.9 Å². The maximum atomic E-state index is 12.7. The standard InChI is InChI=1S/C24H21NO5/c1-15(23(26)25-18-12-11-16-7-3-4-8-17(16)13-18)29-24(27)22-20(14-28-2)19-9-5-6-10-21(19)30-22/h3-13,15H,14H2,1-2H3,(H,25,26)/t15-/m0/s1. The Labute approximate surface area is 173 Å². The molecule has 30 heavy (non-hydrogen) atoms. The molecule has 0 saturated heterocycles. The zero-order valence-corrected chi connectivity index (χ0v) is 16.7. The molecule has 6 nitrogen and oxygen atoms in total. The van der Waals surface area contributed by atoms with Crippen LogP contribution in [0.2, 0.25) is 0 Å². The Balaban J connectivity index is 1.49. The van der Waals surface area contributed by atoms with Crippen LogP contribution in [0.5, 0.6) is 0 Å². The number of esters is 1. The number of hydrogen-bond acceptors (Lipinski definition) is 5. The van der Waals surface area contributed by atoms with Crippen molar-refractivity contribution in [1.82, 2.24) is 0 Å². The zero-order valence-electron chi connectivity index (χ0n) is 16.7. The van der Waals surface area contributed by atoms with Crippen LogP contribution in [0, 0.1) is 0 Å². The van der Waals surface area contributed by atoms with E-state index in [1.807, 2.05) is 60.7 Å². The average Bonchev–Trinajstić information content (AvgIpc) is 3.12. The van der Waals surface area contributed by atoms with Crippen molar-refractivity contribution < 1.29 is 23.5 Å². The van der Waals surface area contributed by atoms with Crippen molar-refractivity contribution in [3.05, 3.63) is 78.1 Å². The molecule has 0 unspecified atom stereocenters. The van der Waals surface area contributed by atoms with Crippen molar-refractivity contribution in [1.29, 1.82) is 0 Å². The molecule has 0 bridgehead atoms. The van der Waals surface area contributed by atoms with Crippen molar-refractivity contribution in [2.75, 3.05) is 12.4 Å². The number of fused-ring (bicyclic) bond motifs is 2. The lowest BCUT2D eigenvalue weighted by atomic mass is 10.1. The van der Waals surface area contributed by atoms with E-state index in [2.05, 4.69) is 5.32 Å².